The molecule has 1 aromatic carbocycles. The fraction of sp³-hybridized carbons (Fsp3) is 0.647. The van der Waals surface area contributed by atoms with Gasteiger partial charge < -0.3 is 30.4 Å². The zero-order valence-electron chi connectivity index (χ0n) is 15.4. The van der Waals surface area contributed by atoms with Crippen molar-refractivity contribution in [2.24, 2.45) is 5.73 Å². The average molecular weight is 390 g/mol. The van der Waals surface area contributed by atoms with E-state index in [1.165, 1.54) is 0 Å². The summed E-state index contributed by atoms with van der Waals surface area (Å²) >= 11 is 0. The lowest BCUT2D eigenvalue weighted by molar-refractivity contribution is -0.000330. The summed E-state index contributed by atoms with van der Waals surface area (Å²) in [7, 11) is -1.27. The first-order valence-corrected chi connectivity index (χ1v) is 9.82. The summed E-state index contributed by atoms with van der Waals surface area (Å²) in [4.78, 5) is 0.702. The standard InChI is InChI=1S/C17H31N3O5S/c1-15-14-16(2-3-17(15)19)26(21)20-5-7-23-9-11-25-13-12-24-10-8-22-6-4-18/h2-3,14,20H,4-13,18-19H2,1H3. The number of aryl methyl sites for hydroxylation is 1. The van der Waals surface area contributed by atoms with Gasteiger partial charge in [0, 0.05) is 18.8 Å². The maximum atomic E-state index is 12.1. The zero-order chi connectivity index (χ0) is 19.0. The predicted molar refractivity (Wildman–Crippen MR) is 102 cm³/mol. The molecular weight excluding hydrogens is 358 g/mol. The molecule has 5 N–H and O–H groups in total. The fourth-order valence-corrected chi connectivity index (χ4v) is 2.81. The molecule has 26 heavy (non-hydrogen) atoms. The van der Waals surface area contributed by atoms with Crippen molar-refractivity contribution in [1.82, 2.24) is 4.72 Å². The highest BCUT2D eigenvalue weighted by molar-refractivity contribution is 7.83. The second-order valence-corrected chi connectivity index (χ2v) is 6.72. The Morgan fingerprint density at radius 1 is 0.923 bits per heavy atom. The third-order valence-electron chi connectivity index (χ3n) is 3.31. The van der Waals surface area contributed by atoms with E-state index >= 15 is 0 Å². The van der Waals surface area contributed by atoms with Crippen LogP contribution in [-0.4, -0.2) is 70.2 Å². The second kappa shape index (κ2) is 15.0. The van der Waals surface area contributed by atoms with E-state index < -0.39 is 11.0 Å². The largest absolute Gasteiger partial charge is 0.399 e. The van der Waals surface area contributed by atoms with Gasteiger partial charge in [-0.3, -0.25) is 0 Å². The van der Waals surface area contributed by atoms with Crippen molar-refractivity contribution in [2.75, 3.05) is 71.7 Å². The minimum absolute atomic E-state index is 0.456. The van der Waals surface area contributed by atoms with Crippen LogP contribution >= 0.6 is 0 Å². The average Bonchev–Trinajstić information content (AvgIpc) is 2.64. The van der Waals surface area contributed by atoms with E-state index in [-0.39, 0.29) is 0 Å². The van der Waals surface area contributed by atoms with Crippen LogP contribution in [0.4, 0.5) is 5.69 Å². The van der Waals surface area contributed by atoms with Crippen molar-refractivity contribution in [3.05, 3.63) is 23.8 Å². The Bertz CT molecular complexity index is 519. The molecule has 9 heteroatoms. The molecule has 8 nitrogen and oxygen atoms in total. The number of hydrogen-bond donors (Lipinski definition) is 3. The molecule has 0 fully saturated rings. The van der Waals surface area contributed by atoms with Gasteiger partial charge in [-0.15, -0.1) is 0 Å². The van der Waals surface area contributed by atoms with Gasteiger partial charge >= 0.3 is 0 Å². The van der Waals surface area contributed by atoms with Crippen LogP contribution in [0.5, 0.6) is 0 Å². The molecule has 1 rings (SSSR count). The number of ether oxygens (including phenoxy) is 4. The summed E-state index contributed by atoms with van der Waals surface area (Å²) in [5.41, 5.74) is 12.7. The Hall–Kier alpha value is -1.07. The van der Waals surface area contributed by atoms with Gasteiger partial charge in [-0.2, -0.15) is 0 Å². The molecule has 1 atom stereocenters. The minimum atomic E-state index is -1.27. The van der Waals surface area contributed by atoms with Crippen LogP contribution in [0.2, 0.25) is 0 Å². The quantitative estimate of drug-likeness (QED) is 0.273. The molecule has 0 aliphatic rings. The van der Waals surface area contributed by atoms with Gasteiger partial charge in [0.05, 0.1) is 57.8 Å². The normalized spacial score (nSPS) is 12.4. The summed E-state index contributed by atoms with van der Waals surface area (Å²) in [6.07, 6.45) is 0. The highest BCUT2D eigenvalue weighted by atomic mass is 32.2. The number of rotatable bonds is 16. The molecule has 0 amide bonds. The molecule has 0 aliphatic heterocycles. The first kappa shape index (κ1) is 23.0. The number of nitrogen functional groups attached to an aromatic ring is 1. The minimum Gasteiger partial charge on any atom is -0.399 e. The van der Waals surface area contributed by atoms with Gasteiger partial charge in [-0.05, 0) is 30.7 Å². The number of nitrogens with one attached hydrogen (secondary N) is 1. The van der Waals surface area contributed by atoms with Crippen molar-refractivity contribution in [3.63, 3.8) is 0 Å². The van der Waals surface area contributed by atoms with Gasteiger partial charge in [0.15, 0.2) is 0 Å². The summed E-state index contributed by atoms with van der Waals surface area (Å²) in [5, 5.41) is 0. The van der Waals surface area contributed by atoms with Crippen molar-refractivity contribution < 1.29 is 23.2 Å². The Labute approximate surface area is 158 Å². The SMILES string of the molecule is Cc1cc(S(=O)NCCOCCOCCOCCOCCN)ccc1N. The van der Waals surface area contributed by atoms with Gasteiger partial charge in [-0.25, -0.2) is 8.93 Å². The van der Waals surface area contributed by atoms with Gasteiger partial charge in [0.1, 0.15) is 11.0 Å². The Kier molecular flexibility index (Phi) is 13.3. The third kappa shape index (κ3) is 10.8. The highest BCUT2D eigenvalue weighted by Gasteiger charge is 2.04. The van der Waals surface area contributed by atoms with Crippen LogP contribution in [0, 0.1) is 6.92 Å². The maximum Gasteiger partial charge on any atom is 0.124 e. The molecule has 0 saturated heterocycles. The van der Waals surface area contributed by atoms with Crippen molar-refractivity contribution in [1.29, 1.82) is 0 Å². The number of benzene rings is 1. The molecule has 0 aromatic heterocycles. The van der Waals surface area contributed by atoms with Crippen LogP contribution in [0.25, 0.3) is 0 Å². The van der Waals surface area contributed by atoms with Crippen LogP contribution in [0.1, 0.15) is 5.56 Å². The van der Waals surface area contributed by atoms with Gasteiger partial charge in [-0.1, -0.05) is 0 Å². The van der Waals surface area contributed by atoms with E-state index in [0.29, 0.717) is 76.5 Å². The van der Waals surface area contributed by atoms with Crippen molar-refractivity contribution in [2.45, 2.75) is 11.8 Å². The smallest absolute Gasteiger partial charge is 0.124 e. The van der Waals surface area contributed by atoms with E-state index in [0.717, 1.165) is 5.56 Å². The van der Waals surface area contributed by atoms with E-state index in [9.17, 15) is 4.21 Å². The summed E-state index contributed by atoms with van der Waals surface area (Å²) in [6.45, 7) is 7.00. The molecule has 1 unspecified atom stereocenters. The van der Waals surface area contributed by atoms with E-state index in [1.54, 1.807) is 12.1 Å². The fourth-order valence-electron chi connectivity index (χ4n) is 1.90. The summed E-state index contributed by atoms with van der Waals surface area (Å²) in [5.74, 6) is 0. The molecule has 0 heterocycles. The van der Waals surface area contributed by atoms with Crippen LogP contribution < -0.4 is 16.2 Å². The van der Waals surface area contributed by atoms with Crippen LogP contribution in [-0.2, 0) is 29.9 Å². The summed E-state index contributed by atoms with van der Waals surface area (Å²) in [6, 6.07) is 5.33. The molecule has 0 aliphatic carbocycles. The highest BCUT2D eigenvalue weighted by Crippen LogP contribution is 2.14. The first-order chi connectivity index (χ1) is 12.6. The van der Waals surface area contributed by atoms with Gasteiger partial charge in [0.25, 0.3) is 0 Å². The second-order valence-electron chi connectivity index (χ2n) is 5.42. The third-order valence-corrected chi connectivity index (χ3v) is 4.46. The molecule has 1 aromatic rings. The van der Waals surface area contributed by atoms with Crippen molar-refractivity contribution >= 4 is 16.7 Å². The van der Waals surface area contributed by atoms with E-state index in [2.05, 4.69) is 4.72 Å². The van der Waals surface area contributed by atoms with Crippen LogP contribution in [0.15, 0.2) is 23.1 Å². The van der Waals surface area contributed by atoms with Crippen molar-refractivity contribution in [3.8, 4) is 0 Å². The lowest BCUT2D eigenvalue weighted by Crippen LogP contribution is -2.23. The Balaban J connectivity index is 1.90. The number of anilines is 1. The first-order valence-electron chi connectivity index (χ1n) is 8.67. The van der Waals surface area contributed by atoms with E-state index in [1.807, 2.05) is 13.0 Å². The lowest BCUT2D eigenvalue weighted by Gasteiger charge is -2.08. The Morgan fingerprint density at radius 3 is 2.00 bits per heavy atom. The molecular formula is C17H31N3O5S. The molecule has 0 saturated carbocycles. The Morgan fingerprint density at radius 2 is 1.46 bits per heavy atom. The van der Waals surface area contributed by atoms with Crippen LogP contribution in [0.3, 0.4) is 0 Å². The predicted octanol–water partition coefficient (Wildman–Crippen LogP) is 0.215. The lowest BCUT2D eigenvalue weighted by atomic mass is 10.2. The zero-order valence-corrected chi connectivity index (χ0v) is 16.2. The molecule has 0 bridgehead atoms. The molecule has 0 spiro atoms. The van der Waals surface area contributed by atoms with Gasteiger partial charge in [0.2, 0.25) is 0 Å². The topological polar surface area (TPSA) is 118 Å². The molecule has 0 radical (unpaired) electrons. The van der Waals surface area contributed by atoms with E-state index in [4.69, 9.17) is 30.4 Å². The molecule has 150 valence electrons. The monoisotopic (exact) mass is 389 g/mol. The number of hydrogen-bond acceptors (Lipinski definition) is 7. The summed E-state index contributed by atoms with van der Waals surface area (Å²) < 4.78 is 36.3. The maximum absolute atomic E-state index is 12.1. The number of nitrogens with two attached hydrogens (primary N) is 2.